The fourth-order valence-electron chi connectivity index (χ4n) is 2.22. The number of anilines is 1. The number of pyridine rings is 1. The first kappa shape index (κ1) is 16.1. The van der Waals surface area contributed by atoms with Gasteiger partial charge < -0.3 is 20.1 Å². The molecular formula is C18H21N3O3. The molecule has 1 aliphatic carbocycles. The number of amides is 2. The Hall–Kier alpha value is -2.76. The van der Waals surface area contributed by atoms with Crippen LogP contribution < -0.4 is 20.1 Å². The highest BCUT2D eigenvalue weighted by atomic mass is 16.5. The van der Waals surface area contributed by atoms with Crippen molar-refractivity contribution in [1.82, 2.24) is 10.3 Å². The molecule has 126 valence electrons. The number of carbonyl (C=O) groups is 1. The van der Waals surface area contributed by atoms with Crippen molar-refractivity contribution < 1.29 is 14.3 Å². The number of aromatic nitrogens is 1. The number of hydrogen-bond donors (Lipinski definition) is 2. The maximum absolute atomic E-state index is 11.7. The van der Waals surface area contributed by atoms with E-state index in [1.54, 1.807) is 25.4 Å². The smallest absolute Gasteiger partial charge is 0.319 e. The van der Waals surface area contributed by atoms with Gasteiger partial charge in [0.15, 0.2) is 11.5 Å². The van der Waals surface area contributed by atoms with Crippen LogP contribution in [0.25, 0.3) is 0 Å². The van der Waals surface area contributed by atoms with Crippen LogP contribution in [0, 0.1) is 12.8 Å². The molecule has 0 unspecified atom stereocenters. The van der Waals surface area contributed by atoms with E-state index in [2.05, 4.69) is 15.6 Å². The number of benzene rings is 1. The Labute approximate surface area is 141 Å². The summed E-state index contributed by atoms with van der Waals surface area (Å²) in [5.74, 6) is 2.33. The maximum atomic E-state index is 11.7. The van der Waals surface area contributed by atoms with Gasteiger partial charge in [-0.05, 0) is 49.4 Å². The summed E-state index contributed by atoms with van der Waals surface area (Å²) >= 11 is 0. The number of urea groups is 1. The van der Waals surface area contributed by atoms with Crippen molar-refractivity contribution in [2.45, 2.75) is 19.8 Å². The lowest BCUT2D eigenvalue weighted by Gasteiger charge is -2.11. The van der Waals surface area contributed by atoms with Crippen LogP contribution in [-0.4, -0.2) is 24.7 Å². The van der Waals surface area contributed by atoms with Gasteiger partial charge in [-0.15, -0.1) is 0 Å². The number of methoxy groups -OCH3 is 1. The molecule has 24 heavy (non-hydrogen) atoms. The van der Waals surface area contributed by atoms with E-state index in [-0.39, 0.29) is 6.03 Å². The molecule has 1 fully saturated rings. The second-order valence-corrected chi connectivity index (χ2v) is 5.92. The Balaban J connectivity index is 1.58. The largest absolute Gasteiger partial charge is 0.493 e. The number of nitrogens with one attached hydrogen (secondary N) is 2. The zero-order valence-corrected chi connectivity index (χ0v) is 13.8. The average molecular weight is 327 g/mol. The maximum Gasteiger partial charge on any atom is 0.319 e. The van der Waals surface area contributed by atoms with Crippen molar-refractivity contribution in [3.05, 3.63) is 42.1 Å². The summed E-state index contributed by atoms with van der Waals surface area (Å²) in [6.45, 7) is 2.72. The normalized spacial score (nSPS) is 13.2. The van der Waals surface area contributed by atoms with Crippen molar-refractivity contribution in [1.29, 1.82) is 0 Å². The first-order chi connectivity index (χ1) is 11.6. The Morgan fingerprint density at radius 1 is 1.25 bits per heavy atom. The van der Waals surface area contributed by atoms with E-state index in [9.17, 15) is 4.79 Å². The second-order valence-electron chi connectivity index (χ2n) is 5.92. The molecule has 0 aliphatic heterocycles. The minimum absolute atomic E-state index is 0.211. The van der Waals surface area contributed by atoms with E-state index in [0.29, 0.717) is 29.0 Å². The van der Waals surface area contributed by atoms with E-state index in [4.69, 9.17) is 9.47 Å². The van der Waals surface area contributed by atoms with Crippen molar-refractivity contribution in [2.75, 3.05) is 19.0 Å². The lowest BCUT2D eigenvalue weighted by molar-refractivity contribution is 0.251. The van der Waals surface area contributed by atoms with Gasteiger partial charge in [0.1, 0.15) is 0 Å². The quantitative estimate of drug-likeness (QED) is 0.848. The van der Waals surface area contributed by atoms with Gasteiger partial charge in [-0.3, -0.25) is 0 Å². The molecule has 2 N–H and O–H groups in total. The number of ether oxygens (including phenoxy) is 2. The molecule has 0 spiro atoms. The van der Waals surface area contributed by atoms with Crippen LogP contribution in [0.2, 0.25) is 0 Å². The van der Waals surface area contributed by atoms with Gasteiger partial charge in [0.05, 0.1) is 19.0 Å². The van der Waals surface area contributed by atoms with E-state index in [0.717, 1.165) is 12.1 Å². The Morgan fingerprint density at radius 2 is 2.08 bits per heavy atom. The SMILES string of the molecule is COc1cc(C)ccc1Oc1ccc(NC(=O)NCC2CC2)cn1. The molecule has 0 saturated heterocycles. The van der Waals surface area contributed by atoms with Crippen LogP contribution in [-0.2, 0) is 0 Å². The predicted octanol–water partition coefficient (Wildman–Crippen LogP) is 3.72. The Morgan fingerprint density at radius 3 is 2.75 bits per heavy atom. The molecule has 1 aliphatic rings. The molecule has 6 heteroatoms. The lowest BCUT2D eigenvalue weighted by atomic mass is 10.2. The highest BCUT2D eigenvalue weighted by molar-refractivity contribution is 5.89. The van der Waals surface area contributed by atoms with Crippen LogP contribution in [0.15, 0.2) is 36.5 Å². The monoisotopic (exact) mass is 327 g/mol. The van der Waals surface area contributed by atoms with E-state index in [1.165, 1.54) is 12.8 Å². The third-order valence-corrected chi connectivity index (χ3v) is 3.78. The van der Waals surface area contributed by atoms with E-state index < -0.39 is 0 Å². The van der Waals surface area contributed by atoms with Crippen LogP contribution in [0.5, 0.6) is 17.4 Å². The van der Waals surface area contributed by atoms with Gasteiger partial charge in [0.25, 0.3) is 0 Å². The fourth-order valence-corrected chi connectivity index (χ4v) is 2.22. The molecule has 0 radical (unpaired) electrons. The van der Waals surface area contributed by atoms with Crippen LogP contribution in [0.4, 0.5) is 10.5 Å². The van der Waals surface area contributed by atoms with Crippen LogP contribution in [0.1, 0.15) is 18.4 Å². The molecule has 0 bridgehead atoms. The van der Waals surface area contributed by atoms with Gasteiger partial charge in [-0.1, -0.05) is 6.07 Å². The van der Waals surface area contributed by atoms with Gasteiger partial charge in [0, 0.05) is 12.6 Å². The summed E-state index contributed by atoms with van der Waals surface area (Å²) in [5, 5.41) is 5.60. The molecule has 1 saturated carbocycles. The Bertz CT molecular complexity index is 712. The third-order valence-electron chi connectivity index (χ3n) is 3.78. The fraction of sp³-hybridized carbons (Fsp3) is 0.333. The third kappa shape index (κ3) is 4.38. The zero-order chi connectivity index (χ0) is 16.9. The van der Waals surface area contributed by atoms with Crippen LogP contribution >= 0.6 is 0 Å². The summed E-state index contributed by atoms with van der Waals surface area (Å²) in [5.41, 5.74) is 1.70. The molecule has 3 rings (SSSR count). The predicted molar refractivity (Wildman–Crippen MR) is 91.8 cm³/mol. The van der Waals surface area contributed by atoms with Gasteiger partial charge in [-0.25, -0.2) is 9.78 Å². The molecule has 6 nitrogen and oxygen atoms in total. The minimum Gasteiger partial charge on any atom is -0.493 e. The molecule has 2 aromatic rings. The lowest BCUT2D eigenvalue weighted by Crippen LogP contribution is -2.30. The Kier molecular flexibility index (Phi) is 4.84. The summed E-state index contributed by atoms with van der Waals surface area (Å²) in [6.07, 6.45) is 3.97. The summed E-state index contributed by atoms with van der Waals surface area (Å²) in [4.78, 5) is 16.0. The standard InChI is InChI=1S/C18H21N3O3/c1-12-3-7-15(16(9-12)23-2)24-17-8-6-14(11-19-17)21-18(22)20-10-13-4-5-13/h3,6-9,11,13H,4-5,10H2,1-2H3,(H2,20,21,22). The number of nitrogens with zero attached hydrogens (tertiary/aromatic N) is 1. The summed E-state index contributed by atoms with van der Waals surface area (Å²) in [7, 11) is 1.60. The van der Waals surface area contributed by atoms with E-state index >= 15 is 0 Å². The molecule has 2 amide bonds. The van der Waals surface area contributed by atoms with Crippen LogP contribution in [0.3, 0.4) is 0 Å². The zero-order valence-electron chi connectivity index (χ0n) is 13.8. The van der Waals surface area contributed by atoms with Crippen molar-refractivity contribution >= 4 is 11.7 Å². The summed E-state index contributed by atoms with van der Waals surface area (Å²) in [6, 6.07) is 8.92. The van der Waals surface area contributed by atoms with Crippen molar-refractivity contribution in [3.63, 3.8) is 0 Å². The minimum atomic E-state index is -0.211. The topological polar surface area (TPSA) is 72.5 Å². The first-order valence-electron chi connectivity index (χ1n) is 7.97. The molecule has 1 heterocycles. The highest BCUT2D eigenvalue weighted by Crippen LogP contribution is 2.31. The van der Waals surface area contributed by atoms with Gasteiger partial charge in [-0.2, -0.15) is 0 Å². The molecule has 1 aromatic carbocycles. The number of aryl methyl sites for hydroxylation is 1. The molecule has 1 aromatic heterocycles. The molecular weight excluding hydrogens is 306 g/mol. The van der Waals surface area contributed by atoms with Crippen molar-refractivity contribution in [2.24, 2.45) is 5.92 Å². The number of carbonyl (C=O) groups excluding carboxylic acids is 1. The number of rotatable bonds is 6. The van der Waals surface area contributed by atoms with Crippen molar-refractivity contribution in [3.8, 4) is 17.4 Å². The van der Waals surface area contributed by atoms with Gasteiger partial charge in [0.2, 0.25) is 5.88 Å². The molecule has 0 atom stereocenters. The summed E-state index contributed by atoms with van der Waals surface area (Å²) < 4.78 is 11.0. The second kappa shape index (κ2) is 7.21. The van der Waals surface area contributed by atoms with Gasteiger partial charge >= 0.3 is 6.03 Å². The van der Waals surface area contributed by atoms with E-state index in [1.807, 2.05) is 25.1 Å². The first-order valence-corrected chi connectivity index (χ1v) is 7.97. The average Bonchev–Trinajstić information content (AvgIpc) is 3.41. The highest BCUT2D eigenvalue weighted by Gasteiger charge is 2.21. The number of hydrogen-bond acceptors (Lipinski definition) is 4.